The van der Waals surface area contributed by atoms with Gasteiger partial charge in [-0.3, -0.25) is 9.59 Å². The van der Waals surface area contributed by atoms with Crippen LogP contribution in [0.25, 0.3) is 0 Å². The molecule has 0 unspecified atom stereocenters. The van der Waals surface area contributed by atoms with Gasteiger partial charge in [0.05, 0.1) is 6.61 Å². The maximum absolute atomic E-state index is 12.9. The molecule has 0 radical (unpaired) electrons. The van der Waals surface area contributed by atoms with Gasteiger partial charge in [-0.05, 0) is 18.9 Å². The molecule has 0 spiro atoms. The first-order valence-corrected chi connectivity index (χ1v) is 9.54. The van der Waals surface area contributed by atoms with E-state index in [4.69, 9.17) is 4.74 Å². The number of rotatable bonds is 7. The van der Waals surface area contributed by atoms with Gasteiger partial charge < -0.3 is 20.3 Å². The predicted octanol–water partition coefficient (Wildman–Crippen LogP) is 0.783. The molecule has 0 atom stereocenters. The number of piperidine rings is 1. The number of hydrogen-bond acceptors (Lipinski definition) is 8. The van der Waals surface area contributed by atoms with Crippen molar-refractivity contribution in [3.05, 3.63) is 35.9 Å². The SMILES string of the molecule is COCCNC(=O)C1(Nc2nccs2)CCN(C(=O)c2ncccn2)CC1. The number of ether oxygens (including phenoxy) is 1. The monoisotopic (exact) mass is 390 g/mol. The maximum atomic E-state index is 12.9. The number of thiazole rings is 1. The summed E-state index contributed by atoms with van der Waals surface area (Å²) in [7, 11) is 1.59. The summed E-state index contributed by atoms with van der Waals surface area (Å²) in [5.74, 6) is -0.168. The topological polar surface area (TPSA) is 109 Å². The standard InChI is InChI=1S/C17H22N6O3S/c1-26-11-7-20-15(25)17(22-16-21-8-12-27-16)3-9-23(10-4-17)14(24)13-18-5-2-6-19-13/h2,5-6,8,12H,3-4,7,9-11H2,1H3,(H,20,25)(H,21,22). The molecular formula is C17H22N6O3S. The lowest BCUT2D eigenvalue weighted by Crippen LogP contribution is -2.59. The Bertz CT molecular complexity index is 747. The number of likely N-dealkylation sites (tertiary alicyclic amines) is 1. The molecule has 3 heterocycles. The summed E-state index contributed by atoms with van der Waals surface area (Å²) in [5.41, 5.74) is -0.820. The molecule has 2 aromatic rings. The summed E-state index contributed by atoms with van der Waals surface area (Å²) >= 11 is 1.44. The van der Waals surface area contributed by atoms with Crippen molar-refractivity contribution in [2.45, 2.75) is 18.4 Å². The van der Waals surface area contributed by atoms with Gasteiger partial charge in [-0.25, -0.2) is 15.0 Å². The Labute approximate surface area is 161 Å². The van der Waals surface area contributed by atoms with Crippen molar-refractivity contribution in [1.82, 2.24) is 25.2 Å². The summed E-state index contributed by atoms with van der Waals surface area (Å²) in [4.78, 5) is 39.4. The average molecular weight is 390 g/mol. The molecule has 0 bridgehead atoms. The number of carbonyl (C=O) groups is 2. The highest BCUT2D eigenvalue weighted by molar-refractivity contribution is 7.13. The zero-order valence-electron chi connectivity index (χ0n) is 15.1. The molecular weight excluding hydrogens is 368 g/mol. The van der Waals surface area contributed by atoms with E-state index in [1.807, 2.05) is 5.38 Å². The quantitative estimate of drug-likeness (QED) is 0.673. The Morgan fingerprint density at radius 1 is 1.22 bits per heavy atom. The molecule has 0 aromatic carbocycles. The smallest absolute Gasteiger partial charge is 0.291 e. The van der Waals surface area contributed by atoms with Crippen LogP contribution in [0.3, 0.4) is 0 Å². The first kappa shape index (κ1) is 19.2. The number of carbonyl (C=O) groups excluding carboxylic acids is 2. The minimum Gasteiger partial charge on any atom is -0.383 e. The summed E-state index contributed by atoms with van der Waals surface area (Å²) in [6.45, 7) is 1.71. The van der Waals surface area contributed by atoms with Crippen LogP contribution < -0.4 is 10.6 Å². The highest BCUT2D eigenvalue weighted by Crippen LogP contribution is 2.29. The second-order valence-corrected chi connectivity index (χ2v) is 7.05. The van der Waals surface area contributed by atoms with Gasteiger partial charge in [-0.2, -0.15) is 0 Å². The van der Waals surface area contributed by atoms with Gasteiger partial charge in [0.15, 0.2) is 5.13 Å². The fourth-order valence-electron chi connectivity index (χ4n) is 2.98. The van der Waals surface area contributed by atoms with E-state index in [9.17, 15) is 9.59 Å². The van der Waals surface area contributed by atoms with Gasteiger partial charge in [0.1, 0.15) is 5.54 Å². The Kier molecular flexibility index (Phi) is 6.30. The number of nitrogens with zero attached hydrogens (tertiary/aromatic N) is 4. The lowest BCUT2D eigenvalue weighted by Gasteiger charge is -2.40. The van der Waals surface area contributed by atoms with Crippen molar-refractivity contribution in [2.24, 2.45) is 0 Å². The number of anilines is 1. The summed E-state index contributed by atoms with van der Waals surface area (Å²) in [6.07, 6.45) is 5.70. The van der Waals surface area contributed by atoms with E-state index >= 15 is 0 Å². The Morgan fingerprint density at radius 2 is 1.96 bits per heavy atom. The molecule has 1 aliphatic heterocycles. The number of hydrogen-bond donors (Lipinski definition) is 2. The molecule has 9 nitrogen and oxygen atoms in total. The lowest BCUT2D eigenvalue weighted by atomic mass is 9.86. The van der Waals surface area contributed by atoms with Gasteiger partial charge in [-0.15, -0.1) is 11.3 Å². The lowest BCUT2D eigenvalue weighted by molar-refractivity contribution is -0.127. The van der Waals surface area contributed by atoms with Gasteiger partial charge >= 0.3 is 0 Å². The molecule has 0 aliphatic carbocycles. The van der Waals surface area contributed by atoms with Crippen LogP contribution in [0.2, 0.25) is 0 Å². The molecule has 27 heavy (non-hydrogen) atoms. The zero-order valence-corrected chi connectivity index (χ0v) is 15.9. The maximum Gasteiger partial charge on any atom is 0.291 e. The highest BCUT2D eigenvalue weighted by Gasteiger charge is 2.43. The van der Waals surface area contributed by atoms with E-state index in [2.05, 4.69) is 25.6 Å². The molecule has 3 rings (SSSR count). The summed E-state index contributed by atoms with van der Waals surface area (Å²) < 4.78 is 5.00. The second-order valence-electron chi connectivity index (χ2n) is 6.16. The minimum atomic E-state index is -0.820. The van der Waals surface area contributed by atoms with Crippen LogP contribution in [0.5, 0.6) is 0 Å². The van der Waals surface area contributed by atoms with Crippen molar-refractivity contribution < 1.29 is 14.3 Å². The van der Waals surface area contributed by atoms with E-state index in [-0.39, 0.29) is 17.6 Å². The van der Waals surface area contributed by atoms with Crippen LogP contribution in [0, 0.1) is 0 Å². The van der Waals surface area contributed by atoms with Crippen molar-refractivity contribution in [2.75, 3.05) is 38.7 Å². The van der Waals surface area contributed by atoms with E-state index in [1.165, 1.54) is 11.3 Å². The van der Waals surface area contributed by atoms with Crippen molar-refractivity contribution in [3.8, 4) is 0 Å². The average Bonchev–Trinajstić information content (AvgIpc) is 3.21. The minimum absolute atomic E-state index is 0.113. The first-order valence-electron chi connectivity index (χ1n) is 8.66. The Hall–Kier alpha value is -2.59. The van der Waals surface area contributed by atoms with Crippen LogP contribution in [0.4, 0.5) is 5.13 Å². The van der Waals surface area contributed by atoms with Crippen LogP contribution in [-0.4, -0.2) is 70.6 Å². The van der Waals surface area contributed by atoms with Gasteiger partial charge in [-0.1, -0.05) is 0 Å². The third-order valence-electron chi connectivity index (χ3n) is 4.47. The van der Waals surface area contributed by atoms with E-state index < -0.39 is 5.54 Å². The predicted molar refractivity (Wildman–Crippen MR) is 101 cm³/mol. The van der Waals surface area contributed by atoms with E-state index in [0.717, 1.165) is 0 Å². The Balaban J connectivity index is 1.70. The summed E-state index contributed by atoms with van der Waals surface area (Å²) in [5, 5.41) is 8.73. The molecule has 1 fully saturated rings. The van der Waals surface area contributed by atoms with Crippen molar-refractivity contribution >= 4 is 28.3 Å². The van der Waals surface area contributed by atoms with Gasteiger partial charge in [0, 0.05) is 50.7 Å². The van der Waals surface area contributed by atoms with Gasteiger partial charge in [0.25, 0.3) is 5.91 Å². The number of methoxy groups -OCH3 is 1. The molecule has 0 saturated carbocycles. The van der Waals surface area contributed by atoms with E-state index in [0.29, 0.717) is 44.2 Å². The van der Waals surface area contributed by atoms with Crippen molar-refractivity contribution in [3.63, 3.8) is 0 Å². The van der Waals surface area contributed by atoms with E-state index in [1.54, 1.807) is 36.7 Å². The van der Waals surface area contributed by atoms with Crippen molar-refractivity contribution in [1.29, 1.82) is 0 Å². The number of aromatic nitrogens is 3. The van der Waals surface area contributed by atoms with Crippen LogP contribution in [0.1, 0.15) is 23.5 Å². The third kappa shape index (κ3) is 4.58. The van der Waals surface area contributed by atoms with Crippen LogP contribution >= 0.6 is 11.3 Å². The summed E-state index contributed by atoms with van der Waals surface area (Å²) in [6, 6.07) is 1.67. The zero-order chi connectivity index (χ0) is 19.1. The molecule has 2 N–H and O–H groups in total. The van der Waals surface area contributed by atoms with Gasteiger partial charge in [0.2, 0.25) is 11.7 Å². The highest BCUT2D eigenvalue weighted by atomic mass is 32.1. The second kappa shape index (κ2) is 8.87. The molecule has 10 heteroatoms. The molecule has 1 saturated heterocycles. The molecule has 2 aromatic heterocycles. The Morgan fingerprint density at radius 3 is 2.59 bits per heavy atom. The third-order valence-corrected chi connectivity index (χ3v) is 5.15. The largest absolute Gasteiger partial charge is 0.383 e. The normalized spacial score (nSPS) is 16.0. The fourth-order valence-corrected chi connectivity index (χ4v) is 3.60. The molecule has 144 valence electrons. The molecule has 1 aliphatic rings. The molecule has 2 amide bonds. The fraction of sp³-hybridized carbons (Fsp3) is 0.471. The first-order chi connectivity index (χ1) is 13.1. The number of amides is 2. The van der Waals surface area contributed by atoms with Crippen LogP contribution in [0.15, 0.2) is 30.0 Å². The van der Waals surface area contributed by atoms with Crippen LogP contribution in [-0.2, 0) is 9.53 Å². The number of nitrogens with one attached hydrogen (secondary N) is 2.